The molecule has 4 unspecified atom stereocenters. The van der Waals surface area contributed by atoms with Crippen LogP contribution in [0.15, 0.2) is 0 Å². The van der Waals surface area contributed by atoms with Crippen LogP contribution in [-0.4, -0.2) is 160 Å². The van der Waals surface area contributed by atoms with Crippen molar-refractivity contribution in [2.75, 3.05) is 81.3 Å². The summed E-state index contributed by atoms with van der Waals surface area (Å²) in [6.07, 6.45) is 4.62. The van der Waals surface area contributed by atoms with Crippen molar-refractivity contribution in [2.24, 2.45) is 41.4 Å². The Bertz CT molecular complexity index is 837. The number of methoxy groups -OCH3 is 4. The molecule has 0 bridgehead atoms. The highest BCUT2D eigenvalue weighted by Gasteiger charge is 2.14. The fraction of sp³-hybridized carbons (Fsp3) is 1.00. The number of rotatable bonds is 29. The van der Waals surface area contributed by atoms with Crippen molar-refractivity contribution in [2.45, 2.75) is 232 Å². The summed E-state index contributed by atoms with van der Waals surface area (Å²) in [5.74, 6) is 4.06. The average Bonchev–Trinajstić information content (AvgIpc) is 3.14. The molecular weight excluding hydrogens is 857 g/mol. The van der Waals surface area contributed by atoms with E-state index in [4.69, 9.17) is 48.5 Å². The van der Waals surface area contributed by atoms with Crippen molar-refractivity contribution in [1.29, 1.82) is 0 Å². The van der Waals surface area contributed by atoms with Gasteiger partial charge in [0.1, 0.15) is 0 Å². The van der Waals surface area contributed by atoms with Crippen molar-refractivity contribution in [3.63, 3.8) is 0 Å². The molecule has 0 saturated heterocycles. The lowest BCUT2D eigenvalue weighted by molar-refractivity contribution is -0.0531. The summed E-state index contributed by atoms with van der Waals surface area (Å²) >= 11 is 0. The van der Waals surface area contributed by atoms with Crippen LogP contribution in [0.2, 0.25) is 0 Å². The van der Waals surface area contributed by atoms with Crippen LogP contribution in [0.1, 0.15) is 183 Å². The summed E-state index contributed by atoms with van der Waals surface area (Å²) < 4.78 is 34.9. The molecule has 0 aromatic carbocycles. The molecule has 0 fully saturated rings. The van der Waals surface area contributed by atoms with Gasteiger partial charge in [-0.1, -0.05) is 96.9 Å². The van der Waals surface area contributed by atoms with Crippen molar-refractivity contribution >= 4 is 0 Å². The van der Waals surface area contributed by atoms with E-state index in [0.717, 1.165) is 51.0 Å². The van der Waals surface area contributed by atoms with Crippen LogP contribution in [0.3, 0.4) is 0 Å². The van der Waals surface area contributed by atoms with Gasteiger partial charge in [-0.05, 0) is 128 Å². The molecule has 0 heterocycles. The summed E-state index contributed by atoms with van der Waals surface area (Å²) in [5, 5.41) is 55.3. The van der Waals surface area contributed by atoms with Crippen molar-refractivity contribution in [3.05, 3.63) is 0 Å². The van der Waals surface area contributed by atoms with E-state index >= 15 is 0 Å². The summed E-state index contributed by atoms with van der Waals surface area (Å²) in [4.78, 5) is 0. The summed E-state index contributed by atoms with van der Waals surface area (Å²) in [5.41, 5.74) is -0.141. The first-order valence-corrected chi connectivity index (χ1v) is 25.6. The molecule has 0 amide bonds. The van der Waals surface area contributed by atoms with Gasteiger partial charge in [-0.15, -0.1) is 0 Å². The van der Waals surface area contributed by atoms with Crippen LogP contribution < -0.4 is 0 Å². The Morgan fingerprint density at radius 1 is 0.358 bits per heavy atom. The lowest BCUT2D eigenvalue weighted by Gasteiger charge is -2.22. The number of aliphatic hydroxyl groups excluding tert-OH is 6. The Balaban J connectivity index is -0.000000126. The van der Waals surface area contributed by atoms with Gasteiger partial charge in [0.2, 0.25) is 0 Å². The van der Waals surface area contributed by atoms with Crippen LogP contribution in [0.25, 0.3) is 0 Å². The largest absolute Gasteiger partial charge is 0.391 e. The molecule has 0 aliphatic carbocycles. The normalized spacial score (nSPS) is 14.1. The first kappa shape index (κ1) is 80.6. The Kier molecular flexibility index (Phi) is 67.8. The summed E-state index contributed by atoms with van der Waals surface area (Å²) in [7, 11) is 6.54. The van der Waals surface area contributed by atoms with Gasteiger partial charge in [-0.2, -0.15) is 0 Å². The maximum atomic E-state index is 9.46. The van der Waals surface area contributed by atoms with Gasteiger partial charge in [0.05, 0.1) is 88.0 Å². The fourth-order valence-electron chi connectivity index (χ4n) is 5.51. The number of hydrogen-bond donors (Lipinski definition) is 6. The van der Waals surface area contributed by atoms with E-state index in [2.05, 4.69) is 96.9 Å². The number of hydrogen-bond acceptors (Lipinski definition) is 13. The monoisotopic (exact) mass is 979 g/mol. The zero-order valence-corrected chi connectivity index (χ0v) is 48.7. The molecule has 6 N–H and O–H groups in total. The molecule has 0 aromatic rings. The van der Waals surface area contributed by atoms with E-state index in [1.165, 1.54) is 6.42 Å². The minimum absolute atomic E-state index is 0.141. The van der Waals surface area contributed by atoms with Gasteiger partial charge in [0.25, 0.3) is 0 Å². The molecule has 67 heavy (non-hydrogen) atoms. The average molecular weight is 980 g/mol. The minimum atomic E-state index is -0.316. The van der Waals surface area contributed by atoms with Crippen molar-refractivity contribution in [3.8, 4) is 0 Å². The first-order chi connectivity index (χ1) is 30.8. The smallest absolute Gasteiger partial charge is 0.0776 e. The minimum Gasteiger partial charge on any atom is -0.391 e. The second-order valence-electron chi connectivity index (χ2n) is 21.7. The van der Waals surface area contributed by atoms with Crippen LogP contribution in [-0.2, 0) is 33.2 Å². The Labute approximate surface area is 417 Å². The second kappa shape index (κ2) is 56.4. The van der Waals surface area contributed by atoms with E-state index in [-0.39, 0.29) is 48.3 Å². The van der Waals surface area contributed by atoms with E-state index in [1.807, 2.05) is 41.5 Å². The van der Waals surface area contributed by atoms with Crippen LogP contribution in [0, 0.1) is 41.4 Å². The highest BCUT2D eigenvalue weighted by atomic mass is 16.5. The highest BCUT2D eigenvalue weighted by molar-refractivity contribution is 4.64. The summed E-state index contributed by atoms with van der Waals surface area (Å²) in [6, 6.07) is 0. The van der Waals surface area contributed by atoms with Gasteiger partial charge in [-0.25, -0.2) is 0 Å². The van der Waals surface area contributed by atoms with Crippen LogP contribution in [0.5, 0.6) is 0 Å². The van der Waals surface area contributed by atoms with Gasteiger partial charge < -0.3 is 63.8 Å². The van der Waals surface area contributed by atoms with Gasteiger partial charge in [0, 0.05) is 41.7 Å². The predicted molar refractivity (Wildman–Crippen MR) is 283 cm³/mol. The summed E-state index contributed by atoms with van der Waals surface area (Å²) in [6.45, 7) is 45.7. The third-order valence-corrected chi connectivity index (χ3v) is 8.28. The fourth-order valence-corrected chi connectivity index (χ4v) is 5.51. The van der Waals surface area contributed by atoms with Crippen molar-refractivity contribution < 1.29 is 63.8 Å². The SMILES string of the molecule is CC(C)CC(O)COC(C)(C)C.CC(C)CC(O)COC(C)C.CCOCC(O)CC(C)C.COCC(O)CC(C)C.COCCC(C)C.COC[C@@H](O)CC(C)C.COC[C@H](O)CC(C)C. The molecule has 0 rings (SSSR count). The van der Waals surface area contributed by atoms with E-state index in [9.17, 15) is 15.3 Å². The molecule has 0 aromatic heterocycles. The van der Waals surface area contributed by atoms with Gasteiger partial charge >= 0.3 is 0 Å². The molecule has 13 heteroatoms. The predicted octanol–water partition coefficient (Wildman–Crippen LogP) is 10.3. The quantitative estimate of drug-likeness (QED) is 0.0416. The molecule has 6 atom stereocenters. The lowest BCUT2D eigenvalue weighted by Crippen LogP contribution is -2.26. The van der Waals surface area contributed by atoms with E-state index < -0.39 is 0 Å². The van der Waals surface area contributed by atoms with E-state index in [0.29, 0.717) is 81.8 Å². The Morgan fingerprint density at radius 3 is 0.821 bits per heavy atom. The zero-order valence-electron chi connectivity index (χ0n) is 48.7. The molecular formula is C54H122O13. The standard InChI is InChI=1S/C10H22O2.C9H20O2.C8H18O2.3C7H16O2.C6H14O/c1-8(2)6-9(11)7-12-10(3,4)5;1-7(2)5-9(10)6-11-8(3)4;1-4-10-6-8(9)5-7(2)3;3*1-6(2)4-7(8)5-9-3;1-6(2)4-5-7-3/h8-9,11H,6-7H2,1-5H3;7-10H,5-6H2,1-4H3;7-9H,4-6H2,1-3H3;3*6-8H,4-5H2,1-3H3;6H,4-5H2,1-3H3/t;;;2*7-;;/m...10../s1. The molecule has 416 valence electrons. The van der Waals surface area contributed by atoms with Gasteiger partial charge in [0.15, 0.2) is 0 Å². The first-order valence-electron chi connectivity index (χ1n) is 25.6. The molecule has 0 aliphatic heterocycles. The topological polar surface area (TPSA) is 186 Å². The lowest BCUT2D eigenvalue weighted by atomic mass is 10.1. The maximum Gasteiger partial charge on any atom is 0.0776 e. The second-order valence-corrected chi connectivity index (χ2v) is 21.7. The molecule has 0 aliphatic rings. The van der Waals surface area contributed by atoms with Crippen LogP contribution in [0.4, 0.5) is 0 Å². The third-order valence-electron chi connectivity index (χ3n) is 8.28. The number of ether oxygens (including phenoxy) is 7. The number of aliphatic hydroxyl groups is 6. The Morgan fingerprint density at radius 2 is 0.627 bits per heavy atom. The molecule has 0 saturated carbocycles. The molecule has 13 nitrogen and oxygen atoms in total. The maximum absolute atomic E-state index is 9.46. The molecule has 0 radical (unpaired) electrons. The third kappa shape index (κ3) is 99.6. The Hall–Kier alpha value is -0.520. The highest BCUT2D eigenvalue weighted by Crippen LogP contribution is 2.11. The zero-order chi connectivity index (χ0) is 54.1. The van der Waals surface area contributed by atoms with E-state index in [1.54, 1.807) is 28.4 Å². The molecule has 0 spiro atoms. The van der Waals surface area contributed by atoms with Crippen molar-refractivity contribution in [1.82, 2.24) is 0 Å². The van der Waals surface area contributed by atoms with Gasteiger partial charge in [-0.3, -0.25) is 0 Å². The van der Waals surface area contributed by atoms with Crippen LogP contribution >= 0.6 is 0 Å².